The second kappa shape index (κ2) is 73.9. The fraction of sp³-hybridized carbons (Fsp3) is 0.593. The van der Waals surface area contributed by atoms with Crippen molar-refractivity contribution in [3.05, 3.63) is 194 Å². The number of nitrogens with zero attached hydrogens (tertiary/aromatic N) is 1. The van der Waals surface area contributed by atoms with Crippen LogP contribution in [0.4, 0.5) is 0 Å². The van der Waals surface area contributed by atoms with Crippen molar-refractivity contribution < 1.29 is 42.9 Å². The first-order valence-electron chi connectivity index (χ1n) is 37.6. The minimum absolute atomic E-state index is 0.135. The van der Waals surface area contributed by atoms with Crippen LogP contribution < -0.4 is 5.11 Å². The number of carboxylic acids is 1. The number of hydrogen-bond donors (Lipinski definition) is 0. The Kier molecular flexibility index (Phi) is 69.4. The molecule has 2 atom stereocenters. The number of ether oxygens (including phenoxy) is 4. The molecule has 9 heteroatoms. The van der Waals surface area contributed by atoms with Gasteiger partial charge in [0.15, 0.2) is 12.4 Å². The van der Waals surface area contributed by atoms with E-state index in [4.69, 9.17) is 18.9 Å². The second-order valence-corrected chi connectivity index (χ2v) is 25.5. The predicted octanol–water partition coefficient (Wildman–Crippen LogP) is 22.8. The molecule has 0 saturated heterocycles. The van der Waals surface area contributed by atoms with Crippen molar-refractivity contribution in [1.29, 1.82) is 0 Å². The second-order valence-electron chi connectivity index (χ2n) is 25.5. The summed E-state index contributed by atoms with van der Waals surface area (Å²) in [7, 11) is 5.92. The van der Waals surface area contributed by atoms with Crippen molar-refractivity contribution in [3.63, 3.8) is 0 Å². The summed E-state index contributed by atoms with van der Waals surface area (Å²) in [5, 5.41) is 11.9. The number of rotatable bonds is 67. The van der Waals surface area contributed by atoms with Gasteiger partial charge in [0.05, 0.1) is 40.3 Å². The number of quaternary nitrogens is 1. The molecular weight excluding hydrogens is 1170 g/mol. The van der Waals surface area contributed by atoms with E-state index in [0.717, 1.165) is 161 Å². The van der Waals surface area contributed by atoms with Gasteiger partial charge in [0.2, 0.25) is 0 Å². The number of unbranched alkanes of at least 4 members (excludes halogenated alkanes) is 20. The summed E-state index contributed by atoms with van der Waals surface area (Å²) in [5.41, 5.74) is 0. The van der Waals surface area contributed by atoms with E-state index in [1.807, 2.05) is 21.1 Å². The molecule has 0 radical (unpaired) electrons. The number of carboxylic acid groups (broad SMARTS) is 1. The summed E-state index contributed by atoms with van der Waals surface area (Å²) in [6.45, 7) is 4.49. The number of allylic oxidation sites excluding steroid dienone is 32. The standard InChI is InChI=1S/C86H137NO8/c1-6-8-10-12-14-16-18-20-22-24-26-28-30-32-34-36-38-39-40-41-42-43-44-45-47-49-51-53-55-57-59-61-63-65-67-69-71-73-75-77-84(89)95-82(81-94-86(85(90)91)92-79-78-87(3,4)5)80-93-83(88)76-74-72-70-68-66-64-62-60-58-56-54-52-50-48-46-37-35-33-31-29-27-25-23-21-19-17-15-13-11-9-7-2/h8-11,14-17,20-23,26-29,32-35,38-39,41-42,44-46,48,52,54,58,60,82,86H,6-7,12-13,18-19,24-25,30-31,36-37,40,43,47,49-51,53,55-57,59,61-81H2,1-5H3/b10-8-,11-9-,16-14-,17-15-,22-20-,23-21-,28-26-,29-27-,34-32-,35-33-,39-38-,42-41-,45-44-,48-46-,54-52-,60-58-. The third-order valence-electron chi connectivity index (χ3n) is 15.3. The van der Waals surface area contributed by atoms with Crippen molar-refractivity contribution in [2.75, 3.05) is 47.5 Å². The molecule has 0 spiro atoms. The highest BCUT2D eigenvalue weighted by Crippen LogP contribution is 2.16. The molecule has 0 aliphatic carbocycles. The Balaban J connectivity index is 4.17. The van der Waals surface area contributed by atoms with Crippen LogP contribution in [0.1, 0.15) is 271 Å². The average molecular weight is 1310 g/mol. The van der Waals surface area contributed by atoms with E-state index in [1.165, 1.54) is 70.6 Å². The van der Waals surface area contributed by atoms with Crippen LogP contribution in [0.2, 0.25) is 0 Å². The van der Waals surface area contributed by atoms with E-state index in [9.17, 15) is 19.5 Å². The SMILES string of the molecule is CC/C=C\C/C=C\C/C=C\C/C=C\C/C=C\C/C=C\C/C=C\C/C=C\CCCCCCCCCCCCCCCCC(=O)OC(COC(=O)CCCCCCCC/C=C\C/C=C\C/C=C\C/C=C\C/C=C\C/C=C\C/C=C\C/C=C\CC)COC(OCC[N+](C)(C)C)C(=O)[O-]. The molecule has 9 nitrogen and oxygen atoms in total. The van der Waals surface area contributed by atoms with Crippen LogP contribution in [-0.4, -0.2) is 82.3 Å². The van der Waals surface area contributed by atoms with E-state index in [-0.39, 0.29) is 38.6 Å². The van der Waals surface area contributed by atoms with Gasteiger partial charge in [-0.1, -0.05) is 311 Å². The first-order valence-corrected chi connectivity index (χ1v) is 37.6. The number of esters is 2. The van der Waals surface area contributed by atoms with Gasteiger partial charge in [-0.05, 0) is 141 Å². The van der Waals surface area contributed by atoms with Crippen LogP contribution in [0, 0.1) is 0 Å². The lowest BCUT2D eigenvalue weighted by Crippen LogP contribution is -2.44. The highest BCUT2D eigenvalue weighted by Gasteiger charge is 2.22. The van der Waals surface area contributed by atoms with Crippen molar-refractivity contribution in [3.8, 4) is 0 Å². The van der Waals surface area contributed by atoms with E-state index >= 15 is 0 Å². The van der Waals surface area contributed by atoms with E-state index in [2.05, 4.69) is 208 Å². The molecule has 0 aliphatic heterocycles. The van der Waals surface area contributed by atoms with Crippen LogP contribution in [0.5, 0.6) is 0 Å². The lowest BCUT2D eigenvalue weighted by molar-refractivity contribution is -0.870. The molecule has 0 aromatic rings. The number of hydrogen-bond acceptors (Lipinski definition) is 8. The topological polar surface area (TPSA) is 111 Å². The van der Waals surface area contributed by atoms with Gasteiger partial charge in [0, 0.05) is 12.8 Å². The summed E-state index contributed by atoms with van der Waals surface area (Å²) in [4.78, 5) is 37.6. The molecular formula is C86H137NO8. The van der Waals surface area contributed by atoms with E-state index < -0.39 is 24.3 Å². The Morgan fingerprint density at radius 3 is 0.842 bits per heavy atom. The summed E-state index contributed by atoms with van der Waals surface area (Å²) in [6.07, 6.45) is 111. The lowest BCUT2D eigenvalue weighted by Gasteiger charge is -2.26. The van der Waals surface area contributed by atoms with Gasteiger partial charge < -0.3 is 33.3 Å². The Bertz CT molecular complexity index is 2270. The van der Waals surface area contributed by atoms with Gasteiger partial charge in [-0.15, -0.1) is 0 Å². The Labute approximate surface area is 582 Å². The third-order valence-corrected chi connectivity index (χ3v) is 15.3. The van der Waals surface area contributed by atoms with Gasteiger partial charge in [0.25, 0.3) is 0 Å². The van der Waals surface area contributed by atoms with Gasteiger partial charge >= 0.3 is 11.9 Å². The van der Waals surface area contributed by atoms with Crippen LogP contribution >= 0.6 is 0 Å². The molecule has 0 amide bonds. The number of likely N-dealkylation sites (N-methyl/N-ethyl adjacent to an activating group) is 1. The molecule has 0 bridgehead atoms. The number of carbonyl (C=O) groups is 3. The average Bonchev–Trinajstić information content (AvgIpc) is 2.92. The van der Waals surface area contributed by atoms with Crippen molar-refractivity contribution in [1.82, 2.24) is 0 Å². The molecule has 2 unspecified atom stereocenters. The quantitative estimate of drug-likeness (QED) is 0.0195. The van der Waals surface area contributed by atoms with Gasteiger partial charge in [0.1, 0.15) is 13.2 Å². The minimum atomic E-state index is -1.64. The molecule has 0 rings (SSSR count). The summed E-state index contributed by atoms with van der Waals surface area (Å²) in [5.74, 6) is -2.32. The normalized spacial score (nSPS) is 13.8. The largest absolute Gasteiger partial charge is 0.545 e. The summed E-state index contributed by atoms with van der Waals surface area (Å²) in [6, 6.07) is 0. The van der Waals surface area contributed by atoms with Gasteiger partial charge in [-0.25, -0.2) is 0 Å². The maximum atomic E-state index is 13.0. The monoisotopic (exact) mass is 1310 g/mol. The van der Waals surface area contributed by atoms with Crippen LogP contribution in [0.15, 0.2) is 194 Å². The van der Waals surface area contributed by atoms with Crippen LogP contribution in [-0.2, 0) is 33.3 Å². The smallest absolute Gasteiger partial charge is 0.306 e. The Hall–Kier alpha value is -5.87. The van der Waals surface area contributed by atoms with Crippen molar-refractivity contribution >= 4 is 17.9 Å². The highest BCUT2D eigenvalue weighted by molar-refractivity contribution is 5.70. The predicted molar refractivity (Wildman–Crippen MR) is 407 cm³/mol. The Morgan fingerprint density at radius 2 is 0.568 bits per heavy atom. The maximum Gasteiger partial charge on any atom is 0.306 e. The molecule has 0 N–H and O–H groups in total. The third kappa shape index (κ3) is 75.4. The van der Waals surface area contributed by atoms with Crippen LogP contribution in [0.25, 0.3) is 0 Å². The first kappa shape index (κ1) is 89.1. The van der Waals surface area contributed by atoms with E-state index in [1.54, 1.807) is 0 Å². The first-order chi connectivity index (χ1) is 46.6. The molecule has 0 aromatic carbocycles. The molecule has 0 saturated carbocycles. The summed E-state index contributed by atoms with van der Waals surface area (Å²) >= 11 is 0. The van der Waals surface area contributed by atoms with Gasteiger partial charge in [-0.2, -0.15) is 0 Å². The zero-order chi connectivity index (χ0) is 69.0. The molecule has 534 valence electrons. The zero-order valence-corrected chi connectivity index (χ0v) is 61.0. The van der Waals surface area contributed by atoms with Crippen molar-refractivity contribution in [2.24, 2.45) is 0 Å². The molecule has 95 heavy (non-hydrogen) atoms. The molecule has 0 aliphatic rings. The maximum absolute atomic E-state index is 13.0. The zero-order valence-electron chi connectivity index (χ0n) is 61.0. The molecule has 0 aromatic heterocycles. The molecule has 0 fully saturated rings. The van der Waals surface area contributed by atoms with Crippen molar-refractivity contribution in [2.45, 2.75) is 283 Å². The van der Waals surface area contributed by atoms with E-state index in [0.29, 0.717) is 23.9 Å². The van der Waals surface area contributed by atoms with Gasteiger partial charge in [-0.3, -0.25) is 9.59 Å². The fourth-order valence-electron chi connectivity index (χ4n) is 9.69. The number of carbonyl (C=O) groups excluding carboxylic acids is 3. The number of aliphatic carboxylic acids is 1. The fourth-order valence-corrected chi connectivity index (χ4v) is 9.69. The highest BCUT2D eigenvalue weighted by atomic mass is 16.7. The van der Waals surface area contributed by atoms with Crippen LogP contribution in [0.3, 0.4) is 0 Å². The molecule has 0 heterocycles. The minimum Gasteiger partial charge on any atom is -0.545 e. The summed E-state index contributed by atoms with van der Waals surface area (Å²) < 4.78 is 22.8. The lowest BCUT2D eigenvalue weighted by atomic mass is 10.0. The Morgan fingerprint density at radius 1 is 0.316 bits per heavy atom.